The van der Waals surface area contributed by atoms with Crippen molar-refractivity contribution in [3.05, 3.63) is 64.8 Å². The fourth-order valence-electron chi connectivity index (χ4n) is 5.39. The number of rotatable bonds is 3. The molecule has 2 fully saturated rings. The maximum absolute atomic E-state index is 14.3. The minimum Gasteiger partial charge on any atom is -0.508 e. The summed E-state index contributed by atoms with van der Waals surface area (Å²) in [7, 11) is 0. The molecule has 2 heterocycles. The van der Waals surface area contributed by atoms with Gasteiger partial charge in [0, 0.05) is 41.7 Å². The summed E-state index contributed by atoms with van der Waals surface area (Å²) in [5.41, 5.74) is 4.04. The van der Waals surface area contributed by atoms with Crippen molar-refractivity contribution in [2.24, 2.45) is 11.3 Å². The number of phenols is 1. The molecule has 5 rings (SSSR count). The highest BCUT2D eigenvalue weighted by Gasteiger charge is 2.55. The smallest absolute Gasteiger partial charge is 0.257 e. The van der Waals surface area contributed by atoms with E-state index in [1.54, 1.807) is 11.8 Å². The van der Waals surface area contributed by atoms with Crippen molar-refractivity contribution in [1.29, 1.82) is 0 Å². The van der Waals surface area contributed by atoms with Gasteiger partial charge in [-0.15, -0.1) is 0 Å². The second kappa shape index (κ2) is 7.08. The van der Waals surface area contributed by atoms with Gasteiger partial charge < -0.3 is 10.0 Å². The number of aryl methyl sites for hydroxylation is 2. The summed E-state index contributed by atoms with van der Waals surface area (Å²) in [6, 6.07) is 4.66. The van der Waals surface area contributed by atoms with E-state index >= 15 is 0 Å². The number of allylic oxidation sites excluding steroid dienone is 4. The molecule has 162 valence electrons. The van der Waals surface area contributed by atoms with Crippen LogP contribution in [-0.4, -0.2) is 38.8 Å². The quantitative estimate of drug-likeness (QED) is 0.774. The molecule has 2 aromatic rings. The molecule has 1 spiro atoms. The Balaban J connectivity index is 1.27. The van der Waals surface area contributed by atoms with E-state index in [4.69, 9.17) is 5.10 Å². The van der Waals surface area contributed by atoms with Crippen LogP contribution in [0.15, 0.2) is 36.4 Å². The van der Waals surface area contributed by atoms with Crippen LogP contribution in [0.4, 0.5) is 4.39 Å². The molecular formula is C25H28FN3O2. The molecule has 0 bridgehead atoms. The molecule has 1 saturated carbocycles. The maximum atomic E-state index is 14.3. The minimum atomic E-state index is -0.573. The van der Waals surface area contributed by atoms with Crippen LogP contribution in [0.3, 0.4) is 0 Å². The summed E-state index contributed by atoms with van der Waals surface area (Å²) in [6.45, 7) is 7.17. The van der Waals surface area contributed by atoms with E-state index in [2.05, 4.69) is 35.9 Å². The van der Waals surface area contributed by atoms with Crippen molar-refractivity contribution in [2.45, 2.75) is 46.0 Å². The third-order valence-electron chi connectivity index (χ3n) is 7.13. The lowest BCUT2D eigenvalue weighted by Gasteiger charge is -2.59. The van der Waals surface area contributed by atoms with Gasteiger partial charge in [-0.25, -0.2) is 9.07 Å². The van der Waals surface area contributed by atoms with Gasteiger partial charge in [0.15, 0.2) is 0 Å². The molecule has 5 nitrogen and oxygen atoms in total. The van der Waals surface area contributed by atoms with Crippen molar-refractivity contribution in [2.75, 3.05) is 13.1 Å². The number of benzene rings is 1. The standard InChI is InChI=1S/C25H28FN3O2/c1-15-6-4-5-7-21(15)29-22(9-17(3)27-29)18-11-25(12-18)13-28(14-25)24(31)19-10-23(30)16(2)8-20(19)26/h4-5,7-10,15,18,30H,6,11-14H2,1-3H3. The fourth-order valence-corrected chi connectivity index (χ4v) is 5.39. The highest BCUT2D eigenvalue weighted by molar-refractivity contribution is 5.95. The molecule has 0 radical (unpaired) electrons. The molecule has 1 aromatic heterocycles. The maximum Gasteiger partial charge on any atom is 0.257 e. The number of carbonyl (C=O) groups excluding carboxylic acids is 1. The number of likely N-dealkylation sites (tertiary alicyclic amines) is 1. The van der Waals surface area contributed by atoms with Crippen molar-refractivity contribution in [3.63, 3.8) is 0 Å². The van der Waals surface area contributed by atoms with E-state index in [1.165, 1.54) is 23.5 Å². The van der Waals surface area contributed by atoms with Crippen molar-refractivity contribution in [1.82, 2.24) is 14.7 Å². The van der Waals surface area contributed by atoms with Crippen LogP contribution >= 0.6 is 0 Å². The van der Waals surface area contributed by atoms with Crippen LogP contribution in [0.1, 0.15) is 59.4 Å². The molecule has 1 amide bonds. The first-order valence-electron chi connectivity index (χ1n) is 11.0. The molecule has 1 saturated heterocycles. The van der Waals surface area contributed by atoms with Gasteiger partial charge in [0.05, 0.1) is 11.3 Å². The van der Waals surface area contributed by atoms with E-state index in [9.17, 15) is 14.3 Å². The van der Waals surface area contributed by atoms with E-state index in [0.29, 0.717) is 30.5 Å². The van der Waals surface area contributed by atoms with Crippen molar-refractivity contribution in [3.8, 4) is 5.75 Å². The molecule has 31 heavy (non-hydrogen) atoms. The zero-order valence-corrected chi connectivity index (χ0v) is 18.2. The lowest BCUT2D eigenvalue weighted by atomic mass is 9.56. The number of aromatic nitrogens is 2. The Morgan fingerprint density at radius 1 is 1.23 bits per heavy atom. The van der Waals surface area contributed by atoms with E-state index < -0.39 is 5.82 Å². The molecule has 1 unspecified atom stereocenters. The molecule has 2 aliphatic carbocycles. The topological polar surface area (TPSA) is 58.4 Å². The van der Waals surface area contributed by atoms with Gasteiger partial charge in [-0.2, -0.15) is 5.10 Å². The third kappa shape index (κ3) is 3.29. The molecule has 1 aliphatic heterocycles. The summed E-state index contributed by atoms with van der Waals surface area (Å²) in [5, 5.41) is 14.6. The Morgan fingerprint density at radius 2 is 1.97 bits per heavy atom. The van der Waals surface area contributed by atoms with Gasteiger partial charge >= 0.3 is 0 Å². The largest absolute Gasteiger partial charge is 0.508 e. The summed E-state index contributed by atoms with van der Waals surface area (Å²) in [4.78, 5) is 14.4. The van der Waals surface area contributed by atoms with Gasteiger partial charge in [0.25, 0.3) is 5.91 Å². The van der Waals surface area contributed by atoms with Gasteiger partial charge in [-0.1, -0.05) is 19.1 Å². The lowest BCUT2D eigenvalue weighted by molar-refractivity contribution is -0.0567. The van der Waals surface area contributed by atoms with Crippen molar-refractivity contribution < 1.29 is 14.3 Å². The second-order valence-electron chi connectivity index (χ2n) is 9.66. The predicted octanol–water partition coefficient (Wildman–Crippen LogP) is 4.80. The Morgan fingerprint density at radius 3 is 2.68 bits per heavy atom. The number of phenolic OH excluding ortho intramolecular Hbond substituents is 1. The summed E-state index contributed by atoms with van der Waals surface area (Å²) < 4.78 is 16.4. The molecule has 3 aliphatic rings. The number of hydrogen-bond acceptors (Lipinski definition) is 3. The zero-order valence-electron chi connectivity index (χ0n) is 18.2. The second-order valence-corrected chi connectivity index (χ2v) is 9.66. The van der Waals surface area contributed by atoms with Crippen LogP contribution < -0.4 is 0 Å². The number of aromatic hydroxyl groups is 1. The van der Waals surface area contributed by atoms with Crippen LogP contribution in [0.25, 0.3) is 5.70 Å². The number of hydrogen-bond donors (Lipinski definition) is 1. The number of nitrogens with zero attached hydrogens (tertiary/aromatic N) is 3. The van der Waals surface area contributed by atoms with Crippen LogP contribution in [0.2, 0.25) is 0 Å². The van der Waals surface area contributed by atoms with Gasteiger partial charge in [-0.05, 0) is 62.9 Å². The van der Waals surface area contributed by atoms with Gasteiger partial charge in [0.1, 0.15) is 11.6 Å². The fraction of sp³-hybridized carbons (Fsp3) is 0.440. The van der Waals surface area contributed by atoms with E-state index in [1.807, 2.05) is 6.92 Å². The Bertz CT molecular complexity index is 1120. The Kier molecular flexibility index (Phi) is 4.57. The molecule has 1 atom stereocenters. The third-order valence-corrected chi connectivity index (χ3v) is 7.13. The summed E-state index contributed by atoms with van der Waals surface area (Å²) in [6.07, 6.45) is 9.52. The number of carbonyl (C=O) groups is 1. The predicted molar refractivity (Wildman–Crippen MR) is 117 cm³/mol. The minimum absolute atomic E-state index is 0.0474. The van der Waals surface area contributed by atoms with Crippen molar-refractivity contribution >= 4 is 11.6 Å². The summed E-state index contributed by atoms with van der Waals surface area (Å²) >= 11 is 0. The monoisotopic (exact) mass is 421 g/mol. The number of halogens is 1. The highest BCUT2D eigenvalue weighted by Crippen LogP contribution is 2.56. The first kappa shape index (κ1) is 20.0. The Hall–Kier alpha value is -2.89. The van der Waals surface area contributed by atoms with E-state index in [-0.39, 0.29) is 22.6 Å². The highest BCUT2D eigenvalue weighted by atomic mass is 19.1. The van der Waals surface area contributed by atoms with E-state index in [0.717, 1.165) is 25.0 Å². The van der Waals surface area contributed by atoms with Crippen LogP contribution in [0, 0.1) is 31.0 Å². The first-order valence-corrected chi connectivity index (χ1v) is 11.0. The summed E-state index contributed by atoms with van der Waals surface area (Å²) in [5.74, 6) is -0.0903. The van der Waals surface area contributed by atoms with Gasteiger partial charge in [0.2, 0.25) is 0 Å². The molecule has 1 N–H and O–H groups in total. The van der Waals surface area contributed by atoms with Crippen LogP contribution in [0.5, 0.6) is 5.75 Å². The first-order chi connectivity index (χ1) is 14.8. The Labute approximate surface area is 181 Å². The molecule has 6 heteroatoms. The molecule has 1 aromatic carbocycles. The number of amides is 1. The SMILES string of the molecule is Cc1cc(C2CC3(C2)CN(C(=O)c2cc(O)c(C)cc2F)C3)n(C2=CC=CCC2C)n1. The van der Waals surface area contributed by atoms with Gasteiger partial charge in [-0.3, -0.25) is 4.79 Å². The zero-order chi connectivity index (χ0) is 21.9. The average molecular weight is 422 g/mol. The lowest BCUT2D eigenvalue weighted by Crippen LogP contribution is -2.63. The average Bonchev–Trinajstić information content (AvgIpc) is 3.03. The molecular weight excluding hydrogens is 393 g/mol. The van der Waals surface area contributed by atoms with Crippen LogP contribution in [-0.2, 0) is 0 Å². The normalized spacial score (nSPS) is 22.3.